The number of aliphatic hydroxyl groups excluding tert-OH is 2. The predicted molar refractivity (Wildman–Crippen MR) is 146 cm³/mol. The van der Waals surface area contributed by atoms with Gasteiger partial charge >= 0.3 is 12.2 Å². The number of nitrogens with zero attached hydrogens (tertiary/aromatic N) is 8. The van der Waals surface area contributed by atoms with Crippen LogP contribution in [0.15, 0.2) is 60.7 Å². The average Bonchev–Trinajstić information content (AvgIpc) is 3.63. The zero-order chi connectivity index (χ0) is 30.5. The van der Waals surface area contributed by atoms with E-state index in [1.165, 1.54) is 9.48 Å². The van der Waals surface area contributed by atoms with Crippen molar-refractivity contribution in [2.75, 3.05) is 0 Å². The van der Waals surface area contributed by atoms with Gasteiger partial charge in [-0.25, -0.2) is 14.3 Å². The third-order valence-electron chi connectivity index (χ3n) is 5.77. The molecule has 0 fully saturated rings. The first-order valence-electron chi connectivity index (χ1n) is 12.9. The van der Waals surface area contributed by atoms with Gasteiger partial charge in [-0.05, 0) is 40.6 Å². The Hall–Kier alpha value is -4.96. The van der Waals surface area contributed by atoms with Crippen LogP contribution in [0, 0.1) is 0 Å². The fourth-order valence-electron chi connectivity index (χ4n) is 3.41. The number of aromatic nitrogens is 8. The van der Waals surface area contributed by atoms with E-state index in [0.717, 1.165) is 11.1 Å². The van der Waals surface area contributed by atoms with Crippen molar-refractivity contribution in [2.24, 2.45) is 14.1 Å². The first-order chi connectivity index (χ1) is 20.1. The molecule has 0 radical (unpaired) electrons. The number of carbonyl (C=O) groups excluding carboxylic acids is 2. The van der Waals surface area contributed by atoms with E-state index in [4.69, 9.17) is 9.47 Å². The average molecular weight is 583 g/mol. The van der Waals surface area contributed by atoms with Gasteiger partial charge in [0.2, 0.25) is 5.82 Å². The normalized spacial score (nSPS) is 13.5. The zero-order valence-electron chi connectivity index (χ0n) is 23.6. The van der Waals surface area contributed by atoms with E-state index in [1.807, 2.05) is 60.7 Å². The molecule has 0 aliphatic rings. The Morgan fingerprint density at radius 1 is 0.786 bits per heavy atom. The van der Waals surface area contributed by atoms with E-state index < -0.39 is 36.5 Å². The maximum Gasteiger partial charge on any atom is 0.407 e. The Balaban J connectivity index is 0.000000230. The summed E-state index contributed by atoms with van der Waals surface area (Å²) in [5, 5.41) is 47.1. The summed E-state index contributed by atoms with van der Waals surface area (Å²) in [4.78, 5) is 24.6. The largest absolute Gasteiger partial charge is 0.445 e. The molecule has 0 saturated heterocycles. The van der Waals surface area contributed by atoms with Gasteiger partial charge in [0.1, 0.15) is 25.4 Å². The second-order valence-electron chi connectivity index (χ2n) is 9.18. The minimum atomic E-state index is -1.05. The number of aliphatic hydroxyl groups is 2. The van der Waals surface area contributed by atoms with E-state index in [1.54, 1.807) is 27.9 Å². The lowest BCUT2D eigenvalue weighted by atomic mass is 10.2. The fraction of sp³-hybridized carbons (Fsp3) is 0.385. The summed E-state index contributed by atoms with van der Waals surface area (Å²) in [6, 6.07) is 17.5. The van der Waals surface area contributed by atoms with Crippen molar-refractivity contribution in [3.8, 4) is 0 Å². The first-order valence-corrected chi connectivity index (χ1v) is 12.9. The second kappa shape index (κ2) is 15.7. The van der Waals surface area contributed by atoms with Gasteiger partial charge in [0.25, 0.3) is 0 Å². The Kier molecular flexibility index (Phi) is 11.8. The molecular formula is C26H34N10O6. The van der Waals surface area contributed by atoms with Crippen molar-refractivity contribution in [2.45, 2.75) is 51.4 Å². The van der Waals surface area contributed by atoms with Crippen LogP contribution in [0.3, 0.4) is 0 Å². The number of benzene rings is 2. The molecule has 4 aromatic rings. The van der Waals surface area contributed by atoms with Crippen LogP contribution in [0.1, 0.15) is 48.8 Å². The molecule has 4 rings (SSSR count). The van der Waals surface area contributed by atoms with Crippen molar-refractivity contribution >= 4 is 12.2 Å². The summed E-state index contributed by atoms with van der Waals surface area (Å²) < 4.78 is 11.5. The lowest BCUT2D eigenvalue weighted by Crippen LogP contribution is -2.38. The predicted octanol–water partition coefficient (Wildman–Crippen LogP) is 1.12. The highest BCUT2D eigenvalue weighted by Crippen LogP contribution is 2.13. The minimum Gasteiger partial charge on any atom is -0.445 e. The molecule has 2 heterocycles. The summed E-state index contributed by atoms with van der Waals surface area (Å²) in [5.41, 5.74) is 1.77. The van der Waals surface area contributed by atoms with Crippen LogP contribution in [-0.2, 0) is 36.8 Å². The number of rotatable bonds is 10. The van der Waals surface area contributed by atoms with E-state index in [0.29, 0.717) is 0 Å². The fourth-order valence-corrected chi connectivity index (χ4v) is 3.41. The van der Waals surface area contributed by atoms with Gasteiger partial charge < -0.3 is 30.3 Å². The molecule has 16 heteroatoms. The summed E-state index contributed by atoms with van der Waals surface area (Å²) >= 11 is 0. The Morgan fingerprint density at radius 2 is 1.29 bits per heavy atom. The van der Waals surface area contributed by atoms with Crippen LogP contribution in [0.5, 0.6) is 0 Å². The smallest absolute Gasteiger partial charge is 0.407 e. The van der Waals surface area contributed by atoms with Crippen molar-refractivity contribution in [1.29, 1.82) is 0 Å². The molecule has 2 aromatic heterocycles. The van der Waals surface area contributed by atoms with Crippen LogP contribution in [0.2, 0.25) is 0 Å². The van der Waals surface area contributed by atoms with Crippen LogP contribution in [0.25, 0.3) is 0 Å². The molecule has 4 N–H and O–H groups in total. The standard InChI is InChI=1S/2C13H17N5O3/c1-9(11(19)12-15-16-17-18(12)2)14-13(20)21-8-10-6-4-3-5-7-10;1-9(11(19)12-15-17-18(2)16-12)14-13(20)21-8-10-6-4-3-5-7-10/h2*3-7,9,11,19H,8H2,1-2H3,(H,14,20)/t2*9-,11-/m00/s1. The van der Waals surface area contributed by atoms with Gasteiger partial charge in [0, 0.05) is 7.05 Å². The second-order valence-corrected chi connectivity index (χ2v) is 9.18. The van der Waals surface area contributed by atoms with Crippen LogP contribution in [0.4, 0.5) is 9.59 Å². The third-order valence-corrected chi connectivity index (χ3v) is 5.77. The molecule has 0 aliphatic carbocycles. The summed E-state index contributed by atoms with van der Waals surface area (Å²) in [7, 11) is 3.20. The number of hydrogen-bond donors (Lipinski definition) is 4. The molecule has 224 valence electrons. The molecule has 2 aromatic carbocycles. The minimum absolute atomic E-state index is 0.147. The Morgan fingerprint density at radius 3 is 1.71 bits per heavy atom. The van der Waals surface area contributed by atoms with Gasteiger partial charge in [-0.2, -0.15) is 4.80 Å². The lowest BCUT2D eigenvalue weighted by Gasteiger charge is -2.18. The highest BCUT2D eigenvalue weighted by atomic mass is 16.6. The maximum absolute atomic E-state index is 11.7. The van der Waals surface area contributed by atoms with E-state index in [-0.39, 0.29) is 24.9 Å². The van der Waals surface area contributed by atoms with E-state index >= 15 is 0 Å². The van der Waals surface area contributed by atoms with Gasteiger partial charge in [0.15, 0.2) is 5.82 Å². The van der Waals surface area contributed by atoms with Gasteiger partial charge in [-0.15, -0.1) is 15.3 Å². The number of carbonyl (C=O) groups is 2. The number of amides is 2. The zero-order valence-corrected chi connectivity index (χ0v) is 23.6. The summed E-state index contributed by atoms with van der Waals surface area (Å²) in [6.45, 7) is 3.60. The quantitative estimate of drug-likeness (QED) is 0.208. The van der Waals surface area contributed by atoms with Crippen molar-refractivity contribution in [3.63, 3.8) is 0 Å². The molecule has 0 saturated carbocycles. The first kappa shape index (κ1) is 31.6. The third kappa shape index (κ3) is 9.90. The molecule has 4 atom stereocenters. The number of ether oxygens (including phenoxy) is 2. The topological polar surface area (TPSA) is 204 Å². The number of tetrazole rings is 2. The molecule has 0 spiro atoms. The van der Waals surface area contributed by atoms with Crippen LogP contribution in [-0.4, -0.2) is 74.9 Å². The van der Waals surface area contributed by atoms with Gasteiger partial charge in [-0.3, -0.25) is 0 Å². The highest BCUT2D eigenvalue weighted by molar-refractivity contribution is 5.68. The van der Waals surface area contributed by atoms with Crippen molar-refractivity contribution in [3.05, 3.63) is 83.4 Å². The molecule has 0 bridgehead atoms. The van der Waals surface area contributed by atoms with Crippen molar-refractivity contribution in [1.82, 2.24) is 51.0 Å². The van der Waals surface area contributed by atoms with E-state index in [9.17, 15) is 19.8 Å². The monoisotopic (exact) mass is 582 g/mol. The van der Waals surface area contributed by atoms with Crippen LogP contribution < -0.4 is 10.6 Å². The molecule has 0 aliphatic heterocycles. The van der Waals surface area contributed by atoms with Gasteiger partial charge in [0.05, 0.1) is 19.1 Å². The lowest BCUT2D eigenvalue weighted by molar-refractivity contribution is 0.1000. The number of aryl methyl sites for hydroxylation is 2. The molecule has 16 nitrogen and oxygen atoms in total. The Bertz CT molecular complexity index is 1380. The van der Waals surface area contributed by atoms with E-state index in [2.05, 4.69) is 41.6 Å². The molecule has 42 heavy (non-hydrogen) atoms. The molecule has 2 amide bonds. The number of nitrogens with one attached hydrogen (secondary N) is 2. The van der Waals surface area contributed by atoms with Gasteiger partial charge in [-0.1, -0.05) is 60.7 Å². The molecular weight excluding hydrogens is 548 g/mol. The highest BCUT2D eigenvalue weighted by Gasteiger charge is 2.24. The van der Waals surface area contributed by atoms with Crippen molar-refractivity contribution < 1.29 is 29.3 Å². The molecule has 0 unspecified atom stereocenters. The van der Waals surface area contributed by atoms with Crippen LogP contribution >= 0.6 is 0 Å². The number of alkyl carbamates (subject to hydrolysis) is 2. The Labute approximate surface area is 241 Å². The summed E-state index contributed by atoms with van der Waals surface area (Å²) in [5.74, 6) is 0.416. The summed E-state index contributed by atoms with van der Waals surface area (Å²) in [6.07, 6.45) is -3.30. The SMILES string of the molecule is C[C@H](NC(=O)OCc1ccccc1)[C@H](O)c1nnn(C)n1.C[C@H](NC(=O)OCc1ccccc1)[C@H](O)c1nnnn1C. The maximum atomic E-state index is 11.7. The number of hydrogen-bond acceptors (Lipinski definition) is 12.